The highest BCUT2D eigenvalue weighted by Gasteiger charge is 2.73. The molecule has 4 saturated carbocycles. The number of epoxide rings is 1. The summed E-state index contributed by atoms with van der Waals surface area (Å²) in [6, 6.07) is 0. The fourth-order valence-electron chi connectivity index (χ4n) is 8.08. The van der Waals surface area contributed by atoms with Crippen LogP contribution < -0.4 is 0 Å². The van der Waals surface area contributed by atoms with Crippen molar-refractivity contribution < 1.29 is 14.3 Å². The number of ketones is 2. The summed E-state index contributed by atoms with van der Waals surface area (Å²) in [6.45, 7) is 6.60. The van der Waals surface area contributed by atoms with Crippen molar-refractivity contribution in [2.75, 3.05) is 0 Å². The van der Waals surface area contributed by atoms with Crippen LogP contribution in [0.3, 0.4) is 0 Å². The molecule has 4 aliphatic carbocycles. The number of fused-ring (bicyclic) bond motifs is 8. The second-order valence-electron chi connectivity index (χ2n) is 9.95. The molecule has 0 spiro atoms. The summed E-state index contributed by atoms with van der Waals surface area (Å²) in [6.07, 6.45) is 8.00. The third-order valence-electron chi connectivity index (χ3n) is 9.24. The summed E-state index contributed by atoms with van der Waals surface area (Å²) in [4.78, 5) is 24.3. The van der Waals surface area contributed by atoms with E-state index in [0.29, 0.717) is 47.4 Å². The van der Waals surface area contributed by atoms with Crippen LogP contribution >= 0.6 is 0 Å². The average Bonchev–Trinajstić information content (AvgIpc) is 3.24. The van der Waals surface area contributed by atoms with E-state index in [2.05, 4.69) is 13.8 Å². The number of Topliss-reactive ketones (excluding diaryl/α,β-unsaturated/α-hetero) is 2. The van der Waals surface area contributed by atoms with Gasteiger partial charge in [0, 0.05) is 24.2 Å². The van der Waals surface area contributed by atoms with Crippen LogP contribution in [-0.2, 0) is 14.3 Å². The summed E-state index contributed by atoms with van der Waals surface area (Å²) in [7, 11) is 0. The van der Waals surface area contributed by atoms with Gasteiger partial charge in [-0.15, -0.1) is 0 Å². The van der Waals surface area contributed by atoms with Crippen LogP contribution in [0, 0.1) is 40.4 Å². The molecule has 3 nitrogen and oxygen atoms in total. The van der Waals surface area contributed by atoms with Crippen molar-refractivity contribution in [3.05, 3.63) is 0 Å². The van der Waals surface area contributed by atoms with E-state index in [1.165, 1.54) is 19.3 Å². The van der Waals surface area contributed by atoms with Crippen molar-refractivity contribution in [2.45, 2.75) is 77.9 Å². The lowest BCUT2D eigenvalue weighted by Crippen LogP contribution is -2.57. The Morgan fingerprint density at radius 1 is 1.17 bits per heavy atom. The molecule has 3 heteroatoms. The minimum Gasteiger partial charge on any atom is -0.369 e. The highest BCUT2D eigenvalue weighted by atomic mass is 16.6. The topological polar surface area (TPSA) is 46.7 Å². The molecule has 132 valence electrons. The fraction of sp³-hybridized carbons (Fsp3) is 0.905. The quantitative estimate of drug-likeness (QED) is 0.687. The van der Waals surface area contributed by atoms with Gasteiger partial charge in [-0.1, -0.05) is 13.8 Å². The van der Waals surface area contributed by atoms with Crippen LogP contribution in [0.25, 0.3) is 0 Å². The van der Waals surface area contributed by atoms with E-state index in [4.69, 9.17) is 4.74 Å². The standard InChI is InChI=1S/C21H30O3/c1-11(22)15-6-7-16-14-5-4-12-10-13(23)8-9-20(12,2)17(14)18-19(24-18)21(15,16)3/h12,14-19H,4-10H2,1-3H3/t12-,14-,15+,16-,17+,18-,19-,20-,21+/m0/s1. The van der Waals surface area contributed by atoms with Crippen LogP contribution in [0.4, 0.5) is 0 Å². The molecule has 0 amide bonds. The molecule has 24 heavy (non-hydrogen) atoms. The molecule has 0 unspecified atom stereocenters. The lowest BCUT2D eigenvalue weighted by Gasteiger charge is -2.58. The Kier molecular flexibility index (Phi) is 3.06. The molecule has 0 radical (unpaired) electrons. The Morgan fingerprint density at radius 3 is 2.71 bits per heavy atom. The predicted octanol–water partition coefficient (Wildman–Crippen LogP) is 3.79. The second kappa shape index (κ2) is 4.72. The van der Waals surface area contributed by atoms with Gasteiger partial charge in [-0.05, 0) is 68.1 Å². The third kappa shape index (κ3) is 1.73. The third-order valence-corrected chi connectivity index (χ3v) is 9.24. The van der Waals surface area contributed by atoms with Gasteiger partial charge in [0.25, 0.3) is 0 Å². The van der Waals surface area contributed by atoms with Gasteiger partial charge in [0.2, 0.25) is 0 Å². The number of hydrogen-bond donors (Lipinski definition) is 0. The van der Waals surface area contributed by atoms with Crippen LogP contribution in [0.2, 0.25) is 0 Å². The van der Waals surface area contributed by atoms with E-state index in [-0.39, 0.29) is 16.7 Å². The minimum absolute atomic E-state index is 0.0748. The second-order valence-corrected chi connectivity index (χ2v) is 9.95. The first-order valence-corrected chi connectivity index (χ1v) is 10.0. The normalized spacial score (nSPS) is 58.3. The Morgan fingerprint density at radius 2 is 1.96 bits per heavy atom. The van der Waals surface area contributed by atoms with Crippen molar-refractivity contribution in [2.24, 2.45) is 40.4 Å². The van der Waals surface area contributed by atoms with Gasteiger partial charge in [-0.25, -0.2) is 0 Å². The number of carbonyl (C=O) groups excluding carboxylic acids is 2. The van der Waals surface area contributed by atoms with Crippen LogP contribution in [0.5, 0.6) is 0 Å². The Hall–Kier alpha value is -0.700. The first-order valence-electron chi connectivity index (χ1n) is 10.0. The molecule has 1 aliphatic heterocycles. The smallest absolute Gasteiger partial charge is 0.133 e. The largest absolute Gasteiger partial charge is 0.369 e. The molecular formula is C21H30O3. The molecule has 0 aromatic heterocycles. The Labute approximate surface area is 144 Å². The van der Waals surface area contributed by atoms with Crippen LogP contribution in [0.1, 0.15) is 65.7 Å². The van der Waals surface area contributed by atoms with E-state index < -0.39 is 0 Å². The van der Waals surface area contributed by atoms with E-state index in [0.717, 1.165) is 25.7 Å². The van der Waals surface area contributed by atoms with Crippen LogP contribution in [0.15, 0.2) is 0 Å². The van der Waals surface area contributed by atoms with Crippen LogP contribution in [-0.4, -0.2) is 23.8 Å². The van der Waals surface area contributed by atoms with Gasteiger partial charge in [0.15, 0.2) is 0 Å². The minimum atomic E-state index is 0.0748. The monoisotopic (exact) mass is 330 g/mol. The summed E-state index contributed by atoms with van der Waals surface area (Å²) >= 11 is 0. The zero-order chi connectivity index (χ0) is 16.9. The predicted molar refractivity (Wildman–Crippen MR) is 90.3 cm³/mol. The maximum absolute atomic E-state index is 12.3. The number of rotatable bonds is 1. The molecule has 5 fully saturated rings. The summed E-state index contributed by atoms with van der Waals surface area (Å²) < 4.78 is 6.35. The van der Waals surface area contributed by atoms with Gasteiger partial charge in [0.05, 0.1) is 12.2 Å². The maximum Gasteiger partial charge on any atom is 0.133 e. The van der Waals surface area contributed by atoms with Crippen molar-refractivity contribution in [1.29, 1.82) is 0 Å². The number of carbonyl (C=O) groups is 2. The number of ether oxygens (including phenoxy) is 1. The van der Waals surface area contributed by atoms with Crippen molar-refractivity contribution in [3.8, 4) is 0 Å². The molecule has 0 aromatic carbocycles. The number of hydrogen-bond acceptors (Lipinski definition) is 3. The molecule has 1 saturated heterocycles. The first-order chi connectivity index (χ1) is 11.4. The molecule has 1 heterocycles. The highest BCUT2D eigenvalue weighted by molar-refractivity contribution is 5.80. The van der Waals surface area contributed by atoms with Gasteiger partial charge in [0.1, 0.15) is 11.6 Å². The molecule has 9 atom stereocenters. The van der Waals surface area contributed by atoms with Gasteiger partial charge in [-0.2, -0.15) is 0 Å². The molecule has 0 N–H and O–H groups in total. The van der Waals surface area contributed by atoms with Gasteiger partial charge in [-0.3, -0.25) is 9.59 Å². The zero-order valence-electron chi connectivity index (χ0n) is 15.2. The first kappa shape index (κ1) is 15.5. The van der Waals surface area contributed by atoms with Crippen molar-refractivity contribution in [1.82, 2.24) is 0 Å². The summed E-state index contributed by atoms with van der Waals surface area (Å²) in [5, 5.41) is 0. The van der Waals surface area contributed by atoms with Crippen molar-refractivity contribution in [3.63, 3.8) is 0 Å². The summed E-state index contributed by atoms with van der Waals surface area (Å²) in [5.41, 5.74) is 0.358. The summed E-state index contributed by atoms with van der Waals surface area (Å²) in [5.74, 6) is 3.60. The fourth-order valence-corrected chi connectivity index (χ4v) is 8.08. The van der Waals surface area contributed by atoms with Gasteiger partial charge >= 0.3 is 0 Å². The zero-order valence-corrected chi connectivity index (χ0v) is 15.2. The van der Waals surface area contributed by atoms with E-state index >= 15 is 0 Å². The molecule has 5 aliphatic rings. The maximum atomic E-state index is 12.3. The lowest BCUT2D eigenvalue weighted by molar-refractivity contribution is -0.138. The molecule has 0 bridgehead atoms. The average molecular weight is 330 g/mol. The molecule has 5 rings (SSSR count). The molecule has 0 aromatic rings. The Balaban J connectivity index is 1.52. The van der Waals surface area contributed by atoms with Crippen molar-refractivity contribution >= 4 is 11.6 Å². The lowest BCUT2D eigenvalue weighted by atomic mass is 9.44. The van der Waals surface area contributed by atoms with E-state index in [9.17, 15) is 9.59 Å². The highest BCUT2D eigenvalue weighted by Crippen LogP contribution is 2.72. The Bertz CT molecular complexity index is 612. The molecular weight excluding hydrogens is 300 g/mol. The van der Waals surface area contributed by atoms with E-state index in [1.807, 2.05) is 0 Å². The SMILES string of the molecule is CC(=O)[C@H]1CC[C@H]2[C@@H]3CC[C@H]4CC(=O)CC[C@]4(C)[C@H]3[C@@H]3O[C@@H]3[C@]12C. The van der Waals surface area contributed by atoms with E-state index in [1.54, 1.807) is 6.92 Å². The van der Waals surface area contributed by atoms with Gasteiger partial charge < -0.3 is 4.74 Å².